The first-order chi connectivity index (χ1) is 15.5. The number of ether oxygens (including phenoxy) is 1. The fraction of sp³-hybridized carbons (Fsp3) is 0.238. The fourth-order valence-corrected chi connectivity index (χ4v) is 4.11. The van der Waals surface area contributed by atoms with Gasteiger partial charge in [0.05, 0.1) is 23.2 Å². The lowest BCUT2D eigenvalue weighted by Crippen LogP contribution is -2.47. The van der Waals surface area contributed by atoms with E-state index in [2.05, 4.69) is 10.3 Å². The Morgan fingerprint density at radius 2 is 2.06 bits per heavy atom. The number of hydrogen-bond acceptors (Lipinski definition) is 7. The Kier molecular flexibility index (Phi) is 5.70. The van der Waals surface area contributed by atoms with E-state index in [1.54, 1.807) is 19.1 Å². The second-order valence-corrected chi connectivity index (χ2v) is 8.35. The van der Waals surface area contributed by atoms with Gasteiger partial charge in [0.2, 0.25) is 5.91 Å². The van der Waals surface area contributed by atoms with Gasteiger partial charge in [0.15, 0.2) is 22.6 Å². The summed E-state index contributed by atoms with van der Waals surface area (Å²) < 4.78 is 49.5. The lowest BCUT2D eigenvalue weighted by atomic mass is 10.1. The fourth-order valence-electron chi connectivity index (χ4n) is 3.24. The van der Waals surface area contributed by atoms with Crippen molar-refractivity contribution in [2.45, 2.75) is 26.1 Å². The molecule has 0 fully saturated rings. The van der Waals surface area contributed by atoms with E-state index >= 15 is 0 Å². The molecule has 1 atom stereocenters. The number of carbonyl (C=O) groups is 3. The van der Waals surface area contributed by atoms with Crippen molar-refractivity contribution < 1.29 is 36.7 Å². The van der Waals surface area contributed by atoms with Crippen LogP contribution in [0.4, 0.5) is 24.5 Å². The summed E-state index contributed by atoms with van der Waals surface area (Å²) >= 11 is 1.21. The summed E-state index contributed by atoms with van der Waals surface area (Å²) in [5.74, 6) is -1.82. The van der Waals surface area contributed by atoms with Crippen LogP contribution < -0.4 is 10.2 Å². The number of halogens is 3. The molecular formula is C21H16F3N3O5S. The molecule has 3 aromatic rings. The summed E-state index contributed by atoms with van der Waals surface area (Å²) in [4.78, 5) is 43.3. The molecule has 33 heavy (non-hydrogen) atoms. The summed E-state index contributed by atoms with van der Waals surface area (Å²) in [6.07, 6.45) is -4.48. The smallest absolute Gasteiger partial charge is 0.416 e. The molecule has 1 aromatic carbocycles. The molecule has 0 spiro atoms. The van der Waals surface area contributed by atoms with Crippen LogP contribution in [0.15, 0.2) is 41.0 Å². The second-order valence-electron chi connectivity index (χ2n) is 7.15. The van der Waals surface area contributed by atoms with Gasteiger partial charge in [-0.05, 0) is 44.2 Å². The number of aryl methyl sites for hydroxylation is 1. The topological polar surface area (TPSA) is 102 Å². The molecule has 172 valence electrons. The Hall–Kier alpha value is -3.67. The average molecular weight is 479 g/mol. The molecule has 1 aliphatic rings. The minimum absolute atomic E-state index is 0.0117. The number of benzene rings is 1. The number of nitrogens with zero attached hydrogens (tertiary/aromatic N) is 2. The maximum atomic E-state index is 13.0. The van der Waals surface area contributed by atoms with Gasteiger partial charge in [-0.1, -0.05) is 0 Å². The molecular weight excluding hydrogens is 463 g/mol. The van der Waals surface area contributed by atoms with Gasteiger partial charge in [0, 0.05) is 4.88 Å². The summed E-state index contributed by atoms with van der Waals surface area (Å²) in [5.41, 5.74) is -1.05. The number of aromatic nitrogens is 1. The lowest BCUT2D eigenvalue weighted by molar-refractivity contribution is -0.137. The molecule has 0 saturated heterocycles. The molecule has 0 radical (unpaired) electrons. The molecule has 1 N–H and O–H groups in total. The lowest BCUT2D eigenvalue weighted by Gasteiger charge is -2.31. The Balaban J connectivity index is 1.53. The summed E-state index contributed by atoms with van der Waals surface area (Å²) in [6.45, 7) is 2.54. The Morgan fingerprint density at radius 1 is 1.30 bits per heavy atom. The Bertz CT molecular complexity index is 1240. The van der Waals surface area contributed by atoms with Crippen LogP contribution in [0, 0.1) is 6.92 Å². The maximum absolute atomic E-state index is 13.0. The van der Waals surface area contributed by atoms with Gasteiger partial charge in [-0.15, -0.1) is 11.3 Å². The minimum Gasteiger partial charge on any atom is -0.462 e. The van der Waals surface area contributed by atoms with Crippen molar-refractivity contribution in [1.82, 2.24) is 4.98 Å². The average Bonchev–Trinajstić information content (AvgIpc) is 3.41. The van der Waals surface area contributed by atoms with E-state index in [0.717, 1.165) is 23.1 Å². The van der Waals surface area contributed by atoms with Crippen molar-refractivity contribution in [1.29, 1.82) is 0 Å². The summed E-state index contributed by atoms with van der Waals surface area (Å²) in [7, 11) is 0. The second kappa shape index (κ2) is 8.35. The molecule has 0 aliphatic carbocycles. The van der Waals surface area contributed by atoms with Crippen LogP contribution in [0.1, 0.15) is 27.9 Å². The predicted octanol–water partition coefficient (Wildman–Crippen LogP) is 4.26. The molecule has 4 rings (SSSR count). The summed E-state index contributed by atoms with van der Waals surface area (Å²) in [5, 5.41) is 2.79. The molecule has 1 unspecified atom stereocenters. The van der Waals surface area contributed by atoms with E-state index in [9.17, 15) is 27.6 Å². The SMILES string of the molecule is Cc1sc(-c2ccco2)nc1C(=O)OC(C)C(=O)N1CC(=O)Nc2cc(C(F)(F)F)ccc21. The Labute approximate surface area is 189 Å². The summed E-state index contributed by atoms with van der Waals surface area (Å²) in [6, 6.07) is 6.00. The first-order valence-corrected chi connectivity index (χ1v) is 10.4. The molecule has 3 heterocycles. The van der Waals surface area contributed by atoms with Crippen LogP contribution in [0.5, 0.6) is 0 Å². The number of nitrogens with one attached hydrogen (secondary N) is 1. The highest BCUT2D eigenvalue weighted by Crippen LogP contribution is 2.37. The number of amides is 2. The van der Waals surface area contributed by atoms with Gasteiger partial charge in [-0.3, -0.25) is 14.5 Å². The van der Waals surface area contributed by atoms with Crippen LogP contribution in [0.2, 0.25) is 0 Å². The molecule has 0 bridgehead atoms. The van der Waals surface area contributed by atoms with Gasteiger partial charge >= 0.3 is 12.1 Å². The van der Waals surface area contributed by atoms with Crippen LogP contribution in [-0.2, 0) is 20.5 Å². The Morgan fingerprint density at radius 3 is 2.73 bits per heavy atom. The largest absolute Gasteiger partial charge is 0.462 e. The maximum Gasteiger partial charge on any atom is 0.416 e. The van der Waals surface area contributed by atoms with Crippen molar-refractivity contribution in [3.8, 4) is 10.8 Å². The van der Waals surface area contributed by atoms with Gasteiger partial charge in [0.25, 0.3) is 5.91 Å². The quantitative estimate of drug-likeness (QED) is 0.561. The van der Waals surface area contributed by atoms with Crippen molar-refractivity contribution in [3.05, 3.63) is 52.7 Å². The third-order valence-electron chi connectivity index (χ3n) is 4.81. The highest BCUT2D eigenvalue weighted by molar-refractivity contribution is 7.15. The molecule has 0 saturated carbocycles. The van der Waals surface area contributed by atoms with Gasteiger partial charge in [-0.2, -0.15) is 13.2 Å². The van der Waals surface area contributed by atoms with E-state index in [1.807, 2.05) is 0 Å². The van der Waals surface area contributed by atoms with E-state index < -0.39 is 42.2 Å². The van der Waals surface area contributed by atoms with E-state index in [-0.39, 0.29) is 17.1 Å². The number of fused-ring (bicyclic) bond motifs is 1. The first-order valence-electron chi connectivity index (χ1n) is 9.59. The monoisotopic (exact) mass is 479 g/mol. The van der Waals surface area contributed by atoms with Crippen LogP contribution >= 0.6 is 11.3 Å². The highest BCUT2D eigenvalue weighted by atomic mass is 32.1. The van der Waals surface area contributed by atoms with Gasteiger partial charge in [-0.25, -0.2) is 9.78 Å². The molecule has 2 amide bonds. The number of alkyl halides is 3. The molecule has 1 aliphatic heterocycles. The standard InChI is InChI=1S/C21H16F3N3O5S/c1-10(32-20(30)17-11(2)33-18(26-17)15-4-3-7-31-15)19(29)27-9-16(28)25-13-8-12(21(22,23)24)5-6-14(13)27/h3-8,10H,9H2,1-2H3,(H,25,28). The number of furan rings is 1. The van der Waals surface area contributed by atoms with Gasteiger partial charge < -0.3 is 14.5 Å². The number of thiazole rings is 1. The van der Waals surface area contributed by atoms with Crippen molar-refractivity contribution >= 4 is 40.5 Å². The molecule has 8 nitrogen and oxygen atoms in total. The number of anilines is 2. The van der Waals surface area contributed by atoms with E-state index in [0.29, 0.717) is 15.6 Å². The third-order valence-corrected chi connectivity index (χ3v) is 5.80. The zero-order chi connectivity index (χ0) is 23.9. The van der Waals surface area contributed by atoms with Crippen molar-refractivity contribution in [2.75, 3.05) is 16.8 Å². The molecule has 2 aromatic heterocycles. The van der Waals surface area contributed by atoms with Crippen LogP contribution in [0.25, 0.3) is 10.8 Å². The number of esters is 1. The number of hydrogen-bond donors (Lipinski definition) is 1. The number of carbonyl (C=O) groups excluding carboxylic acids is 3. The first kappa shape index (κ1) is 22.5. The van der Waals surface area contributed by atoms with Gasteiger partial charge in [0.1, 0.15) is 6.54 Å². The van der Waals surface area contributed by atoms with Crippen LogP contribution in [-0.4, -0.2) is 35.4 Å². The normalized spacial score (nSPS) is 14.5. The third kappa shape index (κ3) is 4.46. The van der Waals surface area contributed by atoms with E-state index in [4.69, 9.17) is 9.15 Å². The molecule has 12 heteroatoms. The minimum atomic E-state index is -4.62. The highest BCUT2D eigenvalue weighted by Gasteiger charge is 2.36. The predicted molar refractivity (Wildman–Crippen MR) is 112 cm³/mol. The van der Waals surface area contributed by atoms with Crippen LogP contribution in [0.3, 0.4) is 0 Å². The van der Waals surface area contributed by atoms with E-state index in [1.165, 1.54) is 24.5 Å². The number of rotatable bonds is 4. The van der Waals surface area contributed by atoms with Crippen molar-refractivity contribution in [3.63, 3.8) is 0 Å². The zero-order valence-corrected chi connectivity index (χ0v) is 18.0. The van der Waals surface area contributed by atoms with Crippen molar-refractivity contribution in [2.24, 2.45) is 0 Å². The zero-order valence-electron chi connectivity index (χ0n) is 17.2.